The van der Waals surface area contributed by atoms with Gasteiger partial charge in [-0.25, -0.2) is 17.6 Å². The third-order valence-electron chi connectivity index (χ3n) is 2.60. The first-order chi connectivity index (χ1) is 8.88. The number of benzene rings is 2. The maximum Gasteiger partial charge on any atom is 0.132 e. The van der Waals surface area contributed by atoms with Gasteiger partial charge in [0, 0.05) is 16.1 Å². The first kappa shape index (κ1) is 14.0. The zero-order chi connectivity index (χ0) is 14.2. The standard InChI is InChI=1S/C13H8BrF4N/c14-7-3-10(17)12(11(18)4-7)13(19)6-1-8(15)5-9(16)2-6/h1-5,13H,19H2. The van der Waals surface area contributed by atoms with Crippen LogP contribution in [0.15, 0.2) is 34.8 Å². The minimum absolute atomic E-state index is 0.0439. The van der Waals surface area contributed by atoms with Gasteiger partial charge in [-0.15, -0.1) is 0 Å². The summed E-state index contributed by atoms with van der Waals surface area (Å²) in [6.07, 6.45) is 0. The number of hydrogen-bond donors (Lipinski definition) is 1. The Kier molecular flexibility index (Phi) is 3.91. The van der Waals surface area contributed by atoms with Crippen LogP contribution in [0.3, 0.4) is 0 Å². The van der Waals surface area contributed by atoms with Gasteiger partial charge < -0.3 is 5.73 Å². The van der Waals surface area contributed by atoms with Gasteiger partial charge in [0.25, 0.3) is 0 Å². The van der Waals surface area contributed by atoms with Gasteiger partial charge in [0.1, 0.15) is 23.3 Å². The molecule has 0 aliphatic heterocycles. The van der Waals surface area contributed by atoms with Crippen molar-refractivity contribution in [3.63, 3.8) is 0 Å². The molecule has 0 bridgehead atoms. The fraction of sp³-hybridized carbons (Fsp3) is 0.0769. The van der Waals surface area contributed by atoms with Gasteiger partial charge in [0.2, 0.25) is 0 Å². The molecule has 0 saturated carbocycles. The smallest absolute Gasteiger partial charge is 0.132 e. The van der Waals surface area contributed by atoms with Crippen LogP contribution in [0.25, 0.3) is 0 Å². The lowest BCUT2D eigenvalue weighted by atomic mass is 9.98. The predicted octanol–water partition coefficient (Wildman–Crippen LogP) is 4.05. The summed E-state index contributed by atoms with van der Waals surface area (Å²) in [5.74, 6) is -3.49. The lowest BCUT2D eigenvalue weighted by Gasteiger charge is -2.15. The van der Waals surface area contributed by atoms with Crippen molar-refractivity contribution >= 4 is 15.9 Å². The van der Waals surface area contributed by atoms with Gasteiger partial charge in [-0.05, 0) is 29.8 Å². The molecule has 0 spiro atoms. The van der Waals surface area contributed by atoms with E-state index in [2.05, 4.69) is 15.9 Å². The molecule has 0 aliphatic carbocycles. The van der Waals surface area contributed by atoms with E-state index in [1.165, 1.54) is 0 Å². The van der Waals surface area contributed by atoms with E-state index in [0.717, 1.165) is 24.3 Å². The minimum atomic E-state index is -1.29. The van der Waals surface area contributed by atoms with Gasteiger partial charge in [0.15, 0.2) is 0 Å². The maximum atomic E-state index is 13.7. The van der Waals surface area contributed by atoms with Gasteiger partial charge in [0.05, 0.1) is 6.04 Å². The average Bonchev–Trinajstić information content (AvgIpc) is 2.25. The van der Waals surface area contributed by atoms with E-state index >= 15 is 0 Å². The Morgan fingerprint density at radius 1 is 0.842 bits per heavy atom. The highest BCUT2D eigenvalue weighted by Gasteiger charge is 2.20. The summed E-state index contributed by atoms with van der Waals surface area (Å²) in [5, 5.41) is 0. The molecular formula is C13H8BrF4N. The average molecular weight is 334 g/mol. The fourth-order valence-electron chi connectivity index (χ4n) is 1.77. The van der Waals surface area contributed by atoms with Gasteiger partial charge >= 0.3 is 0 Å². The molecule has 0 amide bonds. The van der Waals surface area contributed by atoms with E-state index < -0.39 is 34.9 Å². The van der Waals surface area contributed by atoms with Crippen molar-refractivity contribution in [2.75, 3.05) is 0 Å². The van der Waals surface area contributed by atoms with Crippen LogP contribution in [0.2, 0.25) is 0 Å². The van der Waals surface area contributed by atoms with Crippen LogP contribution >= 0.6 is 15.9 Å². The Hall–Kier alpha value is -1.40. The van der Waals surface area contributed by atoms with Crippen LogP contribution in [-0.4, -0.2) is 0 Å². The van der Waals surface area contributed by atoms with Crippen molar-refractivity contribution in [2.24, 2.45) is 5.73 Å². The van der Waals surface area contributed by atoms with E-state index in [-0.39, 0.29) is 10.0 Å². The van der Waals surface area contributed by atoms with Crippen molar-refractivity contribution < 1.29 is 17.6 Å². The summed E-state index contributed by atoms with van der Waals surface area (Å²) in [5.41, 5.74) is 5.20. The molecule has 2 aromatic rings. The second kappa shape index (κ2) is 5.30. The molecule has 0 radical (unpaired) electrons. The summed E-state index contributed by atoms with van der Waals surface area (Å²) >= 11 is 2.93. The molecule has 0 heterocycles. The van der Waals surface area contributed by atoms with Crippen LogP contribution in [0.1, 0.15) is 17.2 Å². The number of halogens is 5. The molecular weight excluding hydrogens is 326 g/mol. The Labute approximate surface area is 115 Å². The highest BCUT2D eigenvalue weighted by atomic mass is 79.9. The van der Waals surface area contributed by atoms with Crippen LogP contribution in [0.4, 0.5) is 17.6 Å². The summed E-state index contributed by atoms with van der Waals surface area (Å²) in [4.78, 5) is 0. The Bertz CT molecular complexity index is 587. The Balaban J connectivity index is 2.52. The molecule has 0 saturated heterocycles. The molecule has 100 valence electrons. The fourth-order valence-corrected chi connectivity index (χ4v) is 2.17. The molecule has 2 N–H and O–H groups in total. The van der Waals surface area contributed by atoms with Crippen molar-refractivity contribution in [3.8, 4) is 0 Å². The summed E-state index contributed by atoms with van der Waals surface area (Å²) in [7, 11) is 0. The monoisotopic (exact) mass is 333 g/mol. The van der Waals surface area contributed by atoms with Crippen molar-refractivity contribution in [3.05, 3.63) is 69.2 Å². The van der Waals surface area contributed by atoms with E-state index in [1.54, 1.807) is 0 Å². The zero-order valence-corrected chi connectivity index (χ0v) is 11.0. The molecule has 1 unspecified atom stereocenters. The van der Waals surface area contributed by atoms with Gasteiger partial charge in [-0.2, -0.15) is 0 Å². The third-order valence-corrected chi connectivity index (χ3v) is 3.06. The topological polar surface area (TPSA) is 26.0 Å². The van der Waals surface area contributed by atoms with E-state index in [0.29, 0.717) is 6.07 Å². The first-order valence-electron chi connectivity index (χ1n) is 5.24. The Morgan fingerprint density at radius 3 is 1.79 bits per heavy atom. The quantitative estimate of drug-likeness (QED) is 0.824. The van der Waals surface area contributed by atoms with Crippen LogP contribution in [0, 0.1) is 23.3 Å². The molecule has 0 aliphatic rings. The molecule has 1 nitrogen and oxygen atoms in total. The highest BCUT2D eigenvalue weighted by molar-refractivity contribution is 9.10. The second-order valence-electron chi connectivity index (χ2n) is 3.96. The first-order valence-corrected chi connectivity index (χ1v) is 6.04. The van der Waals surface area contributed by atoms with E-state index in [4.69, 9.17) is 5.73 Å². The molecule has 2 rings (SSSR count). The highest BCUT2D eigenvalue weighted by Crippen LogP contribution is 2.28. The number of hydrogen-bond acceptors (Lipinski definition) is 1. The summed E-state index contributed by atoms with van der Waals surface area (Å²) in [6.45, 7) is 0. The third kappa shape index (κ3) is 2.96. The Morgan fingerprint density at radius 2 is 1.32 bits per heavy atom. The zero-order valence-electron chi connectivity index (χ0n) is 9.43. The summed E-state index contributed by atoms with van der Waals surface area (Å²) < 4.78 is 53.8. The molecule has 19 heavy (non-hydrogen) atoms. The molecule has 0 fully saturated rings. The predicted molar refractivity (Wildman–Crippen MR) is 66.4 cm³/mol. The van der Waals surface area contributed by atoms with Crippen molar-refractivity contribution in [1.29, 1.82) is 0 Å². The lowest BCUT2D eigenvalue weighted by molar-refractivity contribution is 0.537. The SMILES string of the molecule is NC(c1cc(F)cc(F)c1)c1c(F)cc(Br)cc1F. The normalized spacial score (nSPS) is 12.5. The van der Waals surface area contributed by atoms with Crippen molar-refractivity contribution in [2.45, 2.75) is 6.04 Å². The van der Waals surface area contributed by atoms with E-state index in [1.807, 2.05) is 0 Å². The van der Waals surface area contributed by atoms with Crippen LogP contribution < -0.4 is 5.73 Å². The summed E-state index contributed by atoms with van der Waals surface area (Å²) in [6, 6.07) is 3.31. The van der Waals surface area contributed by atoms with Crippen LogP contribution in [0.5, 0.6) is 0 Å². The maximum absolute atomic E-state index is 13.7. The molecule has 2 aromatic carbocycles. The molecule has 1 atom stereocenters. The largest absolute Gasteiger partial charge is 0.320 e. The number of nitrogens with two attached hydrogens (primary N) is 1. The number of rotatable bonds is 2. The van der Waals surface area contributed by atoms with E-state index in [9.17, 15) is 17.6 Å². The lowest BCUT2D eigenvalue weighted by Crippen LogP contribution is -2.16. The van der Waals surface area contributed by atoms with Crippen molar-refractivity contribution in [1.82, 2.24) is 0 Å². The minimum Gasteiger partial charge on any atom is -0.320 e. The molecule has 0 aromatic heterocycles. The molecule has 6 heteroatoms. The second-order valence-corrected chi connectivity index (χ2v) is 4.88. The van der Waals surface area contributed by atoms with Gasteiger partial charge in [-0.3, -0.25) is 0 Å². The van der Waals surface area contributed by atoms with Gasteiger partial charge in [-0.1, -0.05) is 15.9 Å². The van der Waals surface area contributed by atoms with Crippen LogP contribution in [-0.2, 0) is 0 Å².